The molecule has 1 unspecified atom stereocenters. The van der Waals surface area contributed by atoms with E-state index in [9.17, 15) is 22.7 Å². The molecular formula is C32H36F4N2O. The van der Waals surface area contributed by atoms with E-state index in [1.807, 2.05) is 36.2 Å². The molecule has 0 aliphatic heterocycles. The fourth-order valence-electron chi connectivity index (χ4n) is 4.25. The van der Waals surface area contributed by atoms with E-state index in [4.69, 9.17) is 0 Å². The Balaban J connectivity index is 1.81. The quantitative estimate of drug-likeness (QED) is 0.237. The number of hydrogen-bond acceptors (Lipinski definition) is 3. The summed E-state index contributed by atoms with van der Waals surface area (Å²) in [7, 11) is 1.99. The maximum atomic E-state index is 13.3. The lowest BCUT2D eigenvalue weighted by atomic mass is 10.0. The number of rotatable bonds is 12. The van der Waals surface area contributed by atoms with Crippen LogP contribution >= 0.6 is 0 Å². The summed E-state index contributed by atoms with van der Waals surface area (Å²) in [5.41, 5.74) is 4.36. The van der Waals surface area contributed by atoms with Gasteiger partial charge in [-0.15, -0.1) is 0 Å². The minimum absolute atomic E-state index is 0.205. The van der Waals surface area contributed by atoms with Gasteiger partial charge < -0.3 is 10.0 Å². The molecule has 0 aromatic heterocycles. The first-order valence-electron chi connectivity index (χ1n) is 13.0. The SMILES string of the molecule is C=C(CO)N(Cc1ccc(-c2ccc(C(F)(F)F)cc2)cc1)C(=CC(C)CC)CN(C)Cc1ccc(F)cc1. The first-order valence-corrected chi connectivity index (χ1v) is 13.0. The predicted molar refractivity (Wildman–Crippen MR) is 149 cm³/mol. The molecule has 1 atom stereocenters. The molecule has 0 bridgehead atoms. The Kier molecular flexibility index (Phi) is 10.5. The van der Waals surface area contributed by atoms with Crippen LogP contribution in [0.25, 0.3) is 11.1 Å². The van der Waals surface area contributed by atoms with E-state index in [1.54, 1.807) is 12.1 Å². The van der Waals surface area contributed by atoms with Crippen LogP contribution in [-0.2, 0) is 19.3 Å². The fourth-order valence-corrected chi connectivity index (χ4v) is 4.25. The molecule has 0 fully saturated rings. The molecule has 3 rings (SSSR count). The third kappa shape index (κ3) is 8.80. The first-order chi connectivity index (χ1) is 18.5. The van der Waals surface area contributed by atoms with E-state index >= 15 is 0 Å². The third-order valence-electron chi connectivity index (χ3n) is 6.67. The molecule has 0 radical (unpaired) electrons. The number of halogens is 4. The zero-order valence-corrected chi connectivity index (χ0v) is 22.7. The van der Waals surface area contributed by atoms with Crippen molar-refractivity contribution in [2.24, 2.45) is 5.92 Å². The van der Waals surface area contributed by atoms with Crippen molar-refractivity contribution < 1.29 is 22.7 Å². The van der Waals surface area contributed by atoms with Crippen LogP contribution in [0.2, 0.25) is 0 Å². The van der Waals surface area contributed by atoms with Crippen LogP contribution in [0.5, 0.6) is 0 Å². The fraction of sp³-hybridized carbons (Fsp3) is 0.312. The number of aliphatic hydroxyl groups excluding tert-OH is 1. The second kappa shape index (κ2) is 13.6. The third-order valence-corrected chi connectivity index (χ3v) is 6.67. The zero-order valence-electron chi connectivity index (χ0n) is 22.7. The molecule has 1 N–H and O–H groups in total. The standard InChI is InChI=1S/C32H36F4N2O/c1-5-23(2)18-31(21-37(4)19-25-8-16-30(33)17-9-25)38(24(3)22-39)20-26-6-10-27(11-7-26)28-12-14-29(15-13-28)32(34,35)36/h6-18,23,39H,3,5,19-22H2,1-2,4H3. The first kappa shape index (κ1) is 30.1. The second-order valence-electron chi connectivity index (χ2n) is 9.92. The Hall–Kier alpha value is -3.42. The van der Waals surface area contributed by atoms with Gasteiger partial charge in [-0.1, -0.05) is 81.5 Å². The number of benzene rings is 3. The molecule has 208 valence electrons. The van der Waals surface area contributed by atoms with Gasteiger partial charge in [0.15, 0.2) is 0 Å². The number of alkyl halides is 3. The summed E-state index contributed by atoms with van der Waals surface area (Å²) in [5.74, 6) is 0.0313. The molecule has 0 aliphatic rings. The van der Waals surface area contributed by atoms with E-state index in [0.717, 1.165) is 40.9 Å². The lowest BCUT2D eigenvalue weighted by Gasteiger charge is -2.32. The normalized spacial score (nSPS) is 13.0. The molecule has 3 aromatic rings. The maximum absolute atomic E-state index is 13.3. The van der Waals surface area contributed by atoms with Crippen molar-refractivity contribution in [1.29, 1.82) is 0 Å². The molecule has 0 saturated carbocycles. The molecule has 0 aliphatic carbocycles. The summed E-state index contributed by atoms with van der Waals surface area (Å²) in [6.07, 6.45) is -1.22. The minimum atomic E-state index is -4.37. The average molecular weight is 541 g/mol. The molecule has 0 heterocycles. The van der Waals surface area contributed by atoms with E-state index in [2.05, 4.69) is 31.4 Å². The molecule has 3 nitrogen and oxygen atoms in total. The van der Waals surface area contributed by atoms with Gasteiger partial charge in [0.05, 0.1) is 12.2 Å². The molecule has 7 heteroatoms. The summed E-state index contributed by atoms with van der Waals surface area (Å²) in [5, 5.41) is 9.99. The van der Waals surface area contributed by atoms with Gasteiger partial charge in [-0.05, 0) is 59.5 Å². The van der Waals surface area contributed by atoms with Crippen molar-refractivity contribution in [3.63, 3.8) is 0 Å². The number of likely N-dealkylation sites (N-methyl/N-ethyl adjacent to an activating group) is 1. The van der Waals surface area contributed by atoms with Crippen LogP contribution in [0.4, 0.5) is 17.6 Å². The van der Waals surface area contributed by atoms with Crippen molar-refractivity contribution in [3.05, 3.63) is 119 Å². The Morgan fingerprint density at radius 3 is 1.92 bits per heavy atom. The largest absolute Gasteiger partial charge is 0.416 e. The van der Waals surface area contributed by atoms with Crippen molar-refractivity contribution in [2.75, 3.05) is 20.2 Å². The number of nitrogens with zero attached hydrogens (tertiary/aromatic N) is 2. The Labute approximate surface area is 228 Å². The molecule has 0 saturated heterocycles. The predicted octanol–water partition coefficient (Wildman–Crippen LogP) is 7.88. The summed E-state index contributed by atoms with van der Waals surface area (Å²) >= 11 is 0. The van der Waals surface area contributed by atoms with Crippen molar-refractivity contribution in [1.82, 2.24) is 9.80 Å². The van der Waals surface area contributed by atoms with E-state index in [1.165, 1.54) is 24.3 Å². The summed E-state index contributed by atoms with van der Waals surface area (Å²) in [6.45, 7) is 9.83. The molecule has 0 amide bonds. The van der Waals surface area contributed by atoms with E-state index in [0.29, 0.717) is 36.8 Å². The van der Waals surface area contributed by atoms with E-state index < -0.39 is 11.7 Å². The topological polar surface area (TPSA) is 26.7 Å². The highest BCUT2D eigenvalue weighted by molar-refractivity contribution is 5.64. The minimum Gasteiger partial charge on any atom is -0.390 e. The van der Waals surface area contributed by atoms with Gasteiger partial charge in [0.25, 0.3) is 0 Å². The van der Waals surface area contributed by atoms with Crippen molar-refractivity contribution in [3.8, 4) is 11.1 Å². The van der Waals surface area contributed by atoms with Crippen LogP contribution in [0.1, 0.15) is 37.0 Å². The highest BCUT2D eigenvalue weighted by Crippen LogP contribution is 2.31. The highest BCUT2D eigenvalue weighted by Gasteiger charge is 2.30. The van der Waals surface area contributed by atoms with Gasteiger partial charge in [-0.3, -0.25) is 4.90 Å². The van der Waals surface area contributed by atoms with Crippen LogP contribution < -0.4 is 0 Å². The highest BCUT2D eigenvalue weighted by atomic mass is 19.4. The van der Waals surface area contributed by atoms with Gasteiger partial charge in [0.1, 0.15) is 5.82 Å². The van der Waals surface area contributed by atoms with Crippen molar-refractivity contribution >= 4 is 0 Å². The van der Waals surface area contributed by atoms with Gasteiger partial charge in [-0.25, -0.2) is 4.39 Å². The van der Waals surface area contributed by atoms with E-state index in [-0.39, 0.29) is 12.4 Å². The van der Waals surface area contributed by atoms with Gasteiger partial charge in [0, 0.05) is 31.0 Å². The molecule has 3 aromatic carbocycles. The number of allylic oxidation sites excluding steroid dienone is 1. The van der Waals surface area contributed by atoms with Crippen molar-refractivity contribution in [2.45, 2.75) is 39.5 Å². The molecule has 0 spiro atoms. The van der Waals surface area contributed by atoms with Crippen LogP contribution in [-0.4, -0.2) is 35.1 Å². The maximum Gasteiger partial charge on any atom is 0.416 e. The van der Waals surface area contributed by atoms with Crippen LogP contribution in [0.15, 0.2) is 96.8 Å². The smallest absolute Gasteiger partial charge is 0.390 e. The van der Waals surface area contributed by atoms with Gasteiger partial charge in [-0.2, -0.15) is 13.2 Å². The van der Waals surface area contributed by atoms with Crippen LogP contribution in [0.3, 0.4) is 0 Å². The van der Waals surface area contributed by atoms with Gasteiger partial charge in [0.2, 0.25) is 0 Å². The lowest BCUT2D eigenvalue weighted by Crippen LogP contribution is -2.31. The number of aliphatic hydroxyl groups is 1. The Bertz CT molecular complexity index is 1230. The number of hydrogen-bond donors (Lipinski definition) is 1. The Morgan fingerprint density at radius 1 is 0.897 bits per heavy atom. The zero-order chi connectivity index (χ0) is 28.6. The summed E-state index contributed by atoms with van der Waals surface area (Å²) < 4.78 is 52.1. The van der Waals surface area contributed by atoms with Gasteiger partial charge >= 0.3 is 6.18 Å². The second-order valence-corrected chi connectivity index (χ2v) is 9.92. The molecular weight excluding hydrogens is 504 g/mol. The summed E-state index contributed by atoms with van der Waals surface area (Å²) in [6, 6.07) is 19.2. The Morgan fingerprint density at radius 2 is 1.41 bits per heavy atom. The summed E-state index contributed by atoms with van der Waals surface area (Å²) in [4.78, 5) is 4.15. The average Bonchev–Trinajstić information content (AvgIpc) is 2.92. The lowest BCUT2D eigenvalue weighted by molar-refractivity contribution is -0.137. The van der Waals surface area contributed by atoms with Crippen LogP contribution in [0, 0.1) is 11.7 Å². The molecule has 39 heavy (non-hydrogen) atoms. The monoisotopic (exact) mass is 540 g/mol.